The van der Waals surface area contributed by atoms with Crippen molar-refractivity contribution < 1.29 is 30.0 Å². The molecule has 0 saturated heterocycles. The Bertz CT molecular complexity index is 956. The number of hydrogen-bond donors (Lipinski definition) is 4. The lowest BCUT2D eigenvalue weighted by molar-refractivity contribution is -0.249. The fourth-order valence-corrected chi connectivity index (χ4v) is 12.0. The third-order valence-corrected chi connectivity index (χ3v) is 13.8. The summed E-state index contributed by atoms with van der Waals surface area (Å²) in [5.74, 6) is 1.23. The molecule has 0 aromatic rings. The second kappa shape index (κ2) is 8.66. The van der Waals surface area contributed by atoms with Crippen LogP contribution in [0.3, 0.4) is 0 Å². The summed E-state index contributed by atoms with van der Waals surface area (Å²) in [5, 5.41) is 42.6. The minimum Gasteiger partial charge on any atom is -0.462 e. The highest BCUT2D eigenvalue weighted by molar-refractivity contribution is 5.66. The van der Waals surface area contributed by atoms with Crippen LogP contribution in [0.4, 0.5) is 0 Å². The zero-order chi connectivity index (χ0) is 28.3. The van der Waals surface area contributed by atoms with Crippen molar-refractivity contribution in [2.45, 2.75) is 143 Å². The van der Waals surface area contributed by atoms with Crippen molar-refractivity contribution in [2.24, 2.45) is 50.7 Å². The molecule has 0 aliphatic heterocycles. The molecule has 0 spiro atoms. The number of fused-ring (bicyclic) bond motifs is 3. The van der Waals surface area contributed by atoms with E-state index in [0.29, 0.717) is 24.2 Å². The Morgan fingerprint density at radius 3 is 2.29 bits per heavy atom. The molecule has 38 heavy (non-hydrogen) atoms. The highest BCUT2D eigenvalue weighted by atomic mass is 16.5. The molecule has 12 atom stereocenters. The summed E-state index contributed by atoms with van der Waals surface area (Å²) in [4.78, 5) is 12.5. The average Bonchev–Trinajstić information content (AvgIpc) is 3.37. The van der Waals surface area contributed by atoms with Crippen LogP contribution in [0.1, 0.15) is 113 Å². The molecule has 0 aromatic heterocycles. The maximum Gasteiger partial charge on any atom is 0.302 e. The number of aliphatic hydroxyl groups is 4. The molecule has 0 heterocycles. The summed E-state index contributed by atoms with van der Waals surface area (Å²) in [6.45, 7) is 16.2. The van der Waals surface area contributed by atoms with Crippen LogP contribution in [0.5, 0.6) is 0 Å². The third-order valence-electron chi connectivity index (χ3n) is 13.8. The van der Waals surface area contributed by atoms with Gasteiger partial charge in [-0.05, 0) is 117 Å². The molecule has 0 aromatic carbocycles. The van der Waals surface area contributed by atoms with Gasteiger partial charge in [-0.3, -0.25) is 4.79 Å². The summed E-state index contributed by atoms with van der Waals surface area (Å²) in [6, 6.07) is 0. The quantitative estimate of drug-likeness (QED) is 0.363. The Kier molecular flexibility index (Phi) is 6.57. The third kappa shape index (κ3) is 3.61. The van der Waals surface area contributed by atoms with Crippen LogP contribution in [-0.4, -0.2) is 56.4 Å². The largest absolute Gasteiger partial charge is 0.462 e. The molecule has 4 N–H and O–H groups in total. The van der Waals surface area contributed by atoms with Gasteiger partial charge in [0.2, 0.25) is 0 Å². The molecule has 5 aliphatic rings. The van der Waals surface area contributed by atoms with E-state index in [-0.39, 0.29) is 51.2 Å². The predicted octanol–water partition coefficient (Wildman–Crippen LogP) is 4.85. The highest BCUT2D eigenvalue weighted by Gasteiger charge is 2.85. The van der Waals surface area contributed by atoms with Crippen molar-refractivity contribution in [1.82, 2.24) is 0 Å². The number of hydrogen-bond acceptors (Lipinski definition) is 6. The summed E-state index contributed by atoms with van der Waals surface area (Å²) >= 11 is 0. The zero-order valence-electron chi connectivity index (χ0n) is 25.1. The van der Waals surface area contributed by atoms with Crippen LogP contribution in [0.15, 0.2) is 0 Å². The molecular weight excluding hydrogens is 480 g/mol. The number of carbonyl (C=O) groups is 1. The number of rotatable bonds is 6. The van der Waals surface area contributed by atoms with Gasteiger partial charge in [-0.25, -0.2) is 0 Å². The maximum absolute atomic E-state index is 12.5. The van der Waals surface area contributed by atoms with Gasteiger partial charge in [0.25, 0.3) is 0 Å². The normalized spacial score (nSPS) is 49.5. The first kappa shape index (κ1) is 28.8. The second-order valence-corrected chi connectivity index (χ2v) is 16.1. The van der Waals surface area contributed by atoms with E-state index in [1.54, 1.807) is 20.8 Å². The number of ether oxygens (including phenoxy) is 1. The topological polar surface area (TPSA) is 107 Å². The monoisotopic (exact) mass is 534 g/mol. The zero-order valence-corrected chi connectivity index (χ0v) is 25.1. The van der Waals surface area contributed by atoms with Crippen LogP contribution >= 0.6 is 0 Å². The van der Waals surface area contributed by atoms with Gasteiger partial charge in [0.15, 0.2) is 0 Å². The van der Waals surface area contributed by atoms with Crippen LogP contribution in [0.25, 0.3) is 0 Å². The maximum atomic E-state index is 12.5. The SMILES string of the molecule is CC(=O)O[C@H]1C[C@H]2C(C)(C)[C@@H](O)CC[C@]2(C)[C@H]2CC[C@]34C[C@]3(CC[C@@H]4[C@H](C)C[C@@H](O)[C@@H](O)C(C)(C)O)[C@@]12C. The first-order valence-corrected chi connectivity index (χ1v) is 15.3. The van der Waals surface area contributed by atoms with E-state index in [9.17, 15) is 25.2 Å². The molecule has 6 nitrogen and oxygen atoms in total. The van der Waals surface area contributed by atoms with E-state index in [1.165, 1.54) is 6.42 Å². The molecular formula is C32H54O6. The van der Waals surface area contributed by atoms with Crippen LogP contribution in [-0.2, 0) is 9.53 Å². The lowest BCUT2D eigenvalue weighted by atomic mass is 9.37. The number of carbonyl (C=O) groups excluding carboxylic acids is 1. The van der Waals surface area contributed by atoms with Crippen molar-refractivity contribution in [3.8, 4) is 0 Å². The summed E-state index contributed by atoms with van der Waals surface area (Å²) in [7, 11) is 0. The van der Waals surface area contributed by atoms with Gasteiger partial charge in [0.1, 0.15) is 12.2 Å². The lowest BCUT2D eigenvalue weighted by Gasteiger charge is -2.68. The molecule has 6 heteroatoms. The van der Waals surface area contributed by atoms with Gasteiger partial charge in [-0.2, -0.15) is 0 Å². The first-order chi connectivity index (χ1) is 17.4. The van der Waals surface area contributed by atoms with Crippen molar-refractivity contribution in [2.75, 3.05) is 0 Å². The molecule has 5 fully saturated rings. The minimum absolute atomic E-state index is 0.106. The standard InChI is InChI=1S/C32H54O6/c1-18(15-21(34)26(36)28(5,6)37)20-9-14-32-17-31(20,32)13-10-22-29(7)12-11-24(35)27(3,4)23(29)16-25(30(22,32)8)38-19(2)33/h18,20-26,34-37H,9-17H2,1-8H3/t18-,20-,21-,22-,23+,24+,25+,26-,29-,30-,31-,32-/m1/s1. The number of aliphatic hydroxyl groups excluding tert-OH is 3. The Labute approximate surface area is 229 Å². The molecule has 0 amide bonds. The van der Waals surface area contributed by atoms with Crippen LogP contribution < -0.4 is 0 Å². The highest BCUT2D eigenvalue weighted by Crippen LogP contribution is 2.91. The molecule has 0 bridgehead atoms. The van der Waals surface area contributed by atoms with E-state index in [0.717, 1.165) is 44.9 Å². The van der Waals surface area contributed by atoms with E-state index in [4.69, 9.17) is 4.74 Å². The number of esters is 1. The van der Waals surface area contributed by atoms with Crippen LogP contribution in [0, 0.1) is 50.7 Å². The van der Waals surface area contributed by atoms with Gasteiger partial charge in [0.05, 0.1) is 17.8 Å². The molecule has 5 saturated carbocycles. The molecule has 0 radical (unpaired) electrons. The summed E-state index contributed by atoms with van der Waals surface area (Å²) < 4.78 is 6.29. The van der Waals surface area contributed by atoms with Gasteiger partial charge < -0.3 is 25.2 Å². The molecule has 218 valence electrons. The van der Waals surface area contributed by atoms with E-state index in [2.05, 4.69) is 34.6 Å². The van der Waals surface area contributed by atoms with Crippen molar-refractivity contribution in [3.05, 3.63) is 0 Å². The van der Waals surface area contributed by atoms with Crippen molar-refractivity contribution in [1.29, 1.82) is 0 Å². The van der Waals surface area contributed by atoms with Gasteiger partial charge >= 0.3 is 5.97 Å². The van der Waals surface area contributed by atoms with E-state index >= 15 is 0 Å². The Morgan fingerprint density at radius 1 is 1.03 bits per heavy atom. The minimum atomic E-state index is -1.34. The first-order valence-electron chi connectivity index (χ1n) is 15.3. The Balaban J connectivity index is 1.47. The Hall–Kier alpha value is -0.690. The molecule has 5 aliphatic carbocycles. The Morgan fingerprint density at radius 2 is 1.68 bits per heavy atom. The average molecular weight is 535 g/mol. The molecule has 0 unspecified atom stereocenters. The lowest BCUT2D eigenvalue weighted by Crippen LogP contribution is -2.66. The molecule has 5 rings (SSSR count). The summed E-state index contributed by atoms with van der Waals surface area (Å²) in [5.41, 5.74) is -1.23. The predicted molar refractivity (Wildman–Crippen MR) is 146 cm³/mol. The smallest absolute Gasteiger partial charge is 0.302 e. The van der Waals surface area contributed by atoms with Crippen molar-refractivity contribution in [3.63, 3.8) is 0 Å². The van der Waals surface area contributed by atoms with E-state index < -0.39 is 17.8 Å². The van der Waals surface area contributed by atoms with Gasteiger partial charge in [-0.15, -0.1) is 0 Å². The van der Waals surface area contributed by atoms with E-state index in [1.807, 2.05) is 0 Å². The fraction of sp³-hybridized carbons (Fsp3) is 0.969. The second-order valence-electron chi connectivity index (χ2n) is 16.1. The summed E-state index contributed by atoms with van der Waals surface area (Å²) in [6.07, 6.45) is 6.25. The van der Waals surface area contributed by atoms with Gasteiger partial charge in [0, 0.05) is 12.3 Å². The fourth-order valence-electron chi connectivity index (χ4n) is 12.0. The van der Waals surface area contributed by atoms with Crippen LogP contribution in [0.2, 0.25) is 0 Å². The van der Waals surface area contributed by atoms with Crippen molar-refractivity contribution >= 4 is 5.97 Å². The van der Waals surface area contributed by atoms with Gasteiger partial charge in [-0.1, -0.05) is 34.6 Å².